The first kappa shape index (κ1) is 21.2. The highest BCUT2D eigenvalue weighted by molar-refractivity contribution is 7.89. The van der Waals surface area contributed by atoms with E-state index in [2.05, 4.69) is 28.8 Å². The molecule has 0 fully saturated rings. The number of sulfonamides is 1. The van der Waals surface area contributed by atoms with Gasteiger partial charge in [-0.25, -0.2) is 22.9 Å². The summed E-state index contributed by atoms with van der Waals surface area (Å²) in [5, 5.41) is 7.24. The van der Waals surface area contributed by atoms with Crippen molar-refractivity contribution in [3.05, 3.63) is 99.9 Å². The number of rotatable bonds is 5. The molecule has 1 aromatic heterocycles. The van der Waals surface area contributed by atoms with E-state index in [-0.39, 0.29) is 10.7 Å². The Morgan fingerprint density at radius 1 is 0.968 bits per heavy atom. The number of primary sulfonamides is 1. The predicted octanol–water partition coefficient (Wildman–Crippen LogP) is 4.59. The molecule has 31 heavy (non-hydrogen) atoms. The quantitative estimate of drug-likeness (QED) is 0.480. The van der Waals surface area contributed by atoms with Crippen LogP contribution >= 0.6 is 11.3 Å². The summed E-state index contributed by atoms with van der Waals surface area (Å²) in [6, 6.07) is 20.7. The molecule has 3 aromatic carbocycles. The molecule has 0 radical (unpaired) electrons. The fourth-order valence-electron chi connectivity index (χ4n) is 3.12. The second kappa shape index (κ2) is 8.58. The Labute approximate surface area is 184 Å². The highest BCUT2D eigenvalue weighted by atomic mass is 32.2. The summed E-state index contributed by atoms with van der Waals surface area (Å²) in [5.41, 5.74) is 4.75. The first-order valence-electron chi connectivity index (χ1n) is 9.47. The average Bonchev–Trinajstić information content (AvgIpc) is 3.12. The zero-order valence-corrected chi connectivity index (χ0v) is 18.3. The van der Waals surface area contributed by atoms with E-state index in [1.54, 1.807) is 24.3 Å². The van der Waals surface area contributed by atoms with Gasteiger partial charge >= 0.3 is 0 Å². The minimum atomic E-state index is -3.74. The van der Waals surface area contributed by atoms with Gasteiger partial charge in [-0.2, -0.15) is 0 Å². The van der Waals surface area contributed by atoms with Crippen molar-refractivity contribution < 1.29 is 12.8 Å². The van der Waals surface area contributed by atoms with E-state index in [1.165, 1.54) is 41.2 Å². The number of nitrogens with two attached hydrogens (primary N) is 1. The second-order valence-corrected chi connectivity index (χ2v) is 9.53. The number of aromatic nitrogens is 1. The molecule has 4 aromatic rings. The van der Waals surface area contributed by atoms with Crippen LogP contribution in [0.25, 0.3) is 11.3 Å². The van der Waals surface area contributed by atoms with Gasteiger partial charge in [0.05, 0.1) is 22.8 Å². The van der Waals surface area contributed by atoms with Crippen LogP contribution in [-0.4, -0.2) is 13.0 Å². The lowest BCUT2D eigenvalue weighted by Crippen LogP contribution is -2.17. The fraction of sp³-hybridized carbons (Fsp3) is 0.0870. The first-order chi connectivity index (χ1) is 14.8. The van der Waals surface area contributed by atoms with Crippen molar-refractivity contribution >= 4 is 27.0 Å². The number of hydrogen-bond acceptors (Lipinski definition) is 4. The number of benzene rings is 3. The highest BCUT2D eigenvalue weighted by Crippen LogP contribution is 2.23. The van der Waals surface area contributed by atoms with Gasteiger partial charge in [0.25, 0.3) is 0 Å². The monoisotopic (exact) mass is 453 g/mol. The Hall–Kier alpha value is -3.07. The summed E-state index contributed by atoms with van der Waals surface area (Å²) in [7, 11) is -3.74. The van der Waals surface area contributed by atoms with E-state index in [0.29, 0.717) is 12.2 Å². The molecule has 0 aliphatic rings. The summed E-state index contributed by atoms with van der Waals surface area (Å²) in [6.45, 7) is 2.52. The highest BCUT2D eigenvalue weighted by Gasteiger charge is 2.11. The molecular formula is C23H20FN3O2S2. The molecule has 2 N–H and O–H groups in total. The summed E-state index contributed by atoms with van der Waals surface area (Å²) in [4.78, 5) is 5.52. The van der Waals surface area contributed by atoms with Gasteiger partial charge in [-0.1, -0.05) is 42.0 Å². The van der Waals surface area contributed by atoms with Gasteiger partial charge in [-0.15, -0.1) is 11.3 Å². The van der Waals surface area contributed by atoms with Crippen molar-refractivity contribution in [2.45, 2.75) is 18.4 Å². The molecule has 0 amide bonds. The maximum atomic E-state index is 13.3. The molecule has 0 aliphatic carbocycles. The molecule has 0 aliphatic heterocycles. The molecule has 0 saturated carbocycles. The summed E-state index contributed by atoms with van der Waals surface area (Å²) >= 11 is 1.49. The fourth-order valence-corrected chi connectivity index (χ4v) is 4.56. The lowest BCUT2D eigenvalue weighted by atomic mass is 10.1. The zero-order valence-electron chi connectivity index (χ0n) is 16.7. The molecule has 0 unspecified atom stereocenters. The second-order valence-electron chi connectivity index (χ2n) is 7.13. The molecule has 0 bridgehead atoms. The van der Waals surface area contributed by atoms with Crippen LogP contribution in [0, 0.1) is 12.7 Å². The average molecular weight is 454 g/mol. The largest absolute Gasteiger partial charge is 0.312 e. The van der Waals surface area contributed by atoms with Crippen molar-refractivity contribution in [3.63, 3.8) is 0 Å². The van der Waals surface area contributed by atoms with Gasteiger partial charge in [0.15, 0.2) is 4.80 Å². The molecule has 4 rings (SSSR count). The minimum Gasteiger partial charge on any atom is -0.312 e. The Morgan fingerprint density at radius 2 is 1.61 bits per heavy atom. The maximum absolute atomic E-state index is 13.3. The lowest BCUT2D eigenvalue weighted by molar-refractivity contribution is 0.597. The van der Waals surface area contributed by atoms with E-state index in [4.69, 9.17) is 10.1 Å². The van der Waals surface area contributed by atoms with Gasteiger partial charge in [-0.05, 0) is 54.4 Å². The van der Waals surface area contributed by atoms with E-state index >= 15 is 0 Å². The topological polar surface area (TPSA) is 77.5 Å². The van der Waals surface area contributed by atoms with E-state index in [0.717, 1.165) is 21.6 Å². The summed E-state index contributed by atoms with van der Waals surface area (Å²) < 4.78 is 38.4. The third-order valence-electron chi connectivity index (χ3n) is 4.79. The van der Waals surface area contributed by atoms with Crippen LogP contribution in [-0.2, 0) is 16.6 Å². The van der Waals surface area contributed by atoms with Gasteiger partial charge < -0.3 is 4.57 Å². The van der Waals surface area contributed by atoms with Crippen LogP contribution in [0.15, 0.2) is 88.1 Å². The van der Waals surface area contributed by atoms with Crippen LogP contribution < -0.4 is 9.94 Å². The molecule has 0 saturated heterocycles. The zero-order chi connectivity index (χ0) is 22.0. The number of hydrogen-bond donors (Lipinski definition) is 1. The molecule has 0 spiro atoms. The van der Waals surface area contributed by atoms with Crippen LogP contribution in [0.4, 0.5) is 10.1 Å². The number of thiazole rings is 1. The molecule has 5 nitrogen and oxygen atoms in total. The van der Waals surface area contributed by atoms with Crippen molar-refractivity contribution in [2.75, 3.05) is 0 Å². The molecule has 8 heteroatoms. The van der Waals surface area contributed by atoms with E-state index in [9.17, 15) is 12.8 Å². The number of aryl methyl sites for hydroxylation is 1. The Bertz CT molecular complexity index is 1370. The molecule has 158 valence electrons. The smallest absolute Gasteiger partial charge is 0.238 e. The van der Waals surface area contributed by atoms with Crippen molar-refractivity contribution in [2.24, 2.45) is 10.1 Å². The molecule has 0 atom stereocenters. The van der Waals surface area contributed by atoms with Crippen molar-refractivity contribution in [1.82, 2.24) is 4.57 Å². The van der Waals surface area contributed by atoms with Crippen LogP contribution in [0.2, 0.25) is 0 Å². The number of nitrogens with zero attached hydrogens (tertiary/aromatic N) is 2. The van der Waals surface area contributed by atoms with Crippen molar-refractivity contribution in [1.29, 1.82) is 0 Å². The maximum Gasteiger partial charge on any atom is 0.238 e. The Balaban J connectivity index is 1.80. The standard InChI is InChI=1S/C23H20FN3O2S2/c1-16-2-6-18(7-3-16)22-15-30-23(26-20-10-8-19(24)9-11-20)27(22)14-17-4-12-21(13-5-17)31(25,28)29/h2-13,15H,14H2,1H3,(H2,25,28,29). The third kappa shape index (κ3) is 4.99. The normalized spacial score (nSPS) is 12.3. The van der Waals surface area contributed by atoms with Gasteiger partial charge in [0.1, 0.15) is 5.82 Å². The molecular weight excluding hydrogens is 433 g/mol. The third-order valence-corrected chi connectivity index (χ3v) is 6.58. The van der Waals surface area contributed by atoms with Crippen LogP contribution in [0.1, 0.15) is 11.1 Å². The molecule has 1 heterocycles. The lowest BCUT2D eigenvalue weighted by Gasteiger charge is -2.10. The number of halogens is 1. The first-order valence-corrected chi connectivity index (χ1v) is 11.9. The van der Waals surface area contributed by atoms with Crippen molar-refractivity contribution in [3.8, 4) is 11.3 Å². The SMILES string of the molecule is Cc1ccc(-c2csc(=Nc3ccc(F)cc3)n2Cc2ccc(S(N)(=O)=O)cc2)cc1. The summed E-state index contributed by atoms with van der Waals surface area (Å²) in [5.74, 6) is -0.312. The van der Waals surface area contributed by atoms with Crippen LogP contribution in [0.5, 0.6) is 0 Å². The Kier molecular flexibility index (Phi) is 5.86. The minimum absolute atomic E-state index is 0.0709. The van der Waals surface area contributed by atoms with E-state index in [1.807, 2.05) is 12.3 Å². The van der Waals surface area contributed by atoms with Crippen LogP contribution in [0.3, 0.4) is 0 Å². The predicted molar refractivity (Wildman–Crippen MR) is 121 cm³/mol. The van der Waals surface area contributed by atoms with Gasteiger partial charge in [-0.3, -0.25) is 0 Å². The van der Waals surface area contributed by atoms with E-state index < -0.39 is 10.0 Å². The van der Waals surface area contributed by atoms with Gasteiger partial charge in [0.2, 0.25) is 10.0 Å². The summed E-state index contributed by atoms with van der Waals surface area (Å²) in [6.07, 6.45) is 0. The van der Waals surface area contributed by atoms with Gasteiger partial charge in [0, 0.05) is 5.38 Å². The Morgan fingerprint density at radius 3 is 2.23 bits per heavy atom.